The van der Waals surface area contributed by atoms with E-state index in [4.69, 9.17) is 9.47 Å². The van der Waals surface area contributed by atoms with Gasteiger partial charge in [-0.3, -0.25) is 0 Å². The molecule has 0 amide bonds. The molecule has 0 aromatic heterocycles. The lowest BCUT2D eigenvalue weighted by molar-refractivity contribution is 0.476. The summed E-state index contributed by atoms with van der Waals surface area (Å²) in [5.41, 5.74) is 33.6. The van der Waals surface area contributed by atoms with Gasteiger partial charge in [-0.2, -0.15) is 0 Å². The molecule has 0 bridgehead atoms. The van der Waals surface area contributed by atoms with Gasteiger partial charge in [-0.1, -0.05) is 238 Å². The number of ether oxygens (including phenoxy) is 2. The minimum Gasteiger partial charge on any atom is -0.455 e. The van der Waals surface area contributed by atoms with Crippen LogP contribution in [-0.4, -0.2) is 16.1 Å². The average Bonchev–Trinajstić information content (AvgIpc) is 0.981. The number of nitrogens with zero attached hydrogens (tertiary/aromatic N) is 4. The monoisotopic (exact) mass is 1320 g/mol. The molecule has 0 saturated heterocycles. The molecule has 0 radical (unpaired) electrons. The van der Waals surface area contributed by atoms with Crippen molar-refractivity contribution in [3.05, 3.63) is 287 Å². The highest BCUT2D eigenvalue weighted by Gasteiger charge is 2.67. The first-order valence-corrected chi connectivity index (χ1v) is 40.8. The Morgan fingerprint density at radius 1 is 0.250 bits per heavy atom. The standard InChI is InChI=1S/C92H70N4O2Si2/c1-89(2)63-43-27-23-39-55(63)59-47-67-83-75(71(59)89)95(53-35-19-13-20-36-53)77-73-61(57-41-25-29-45-65(57)91(73,5)6)49-69-85(77)99(83,9)87-79(93(67)51-31-15-11-16-32-51)82-88-80(81(87)97-69)94(52-33-17-12-18-34-52)68-48-60-56-40-24-28-44-64(56)90(3,4)72(60)76-84(68)100(88,10)86-70(98-82)50-62-58-42-26-30-46-66(58)92(7,8)74(62)78(86)96(76)54-37-21-14-22-38-54/h11-50H,1-10H3. The van der Waals surface area contributed by atoms with Crippen molar-refractivity contribution in [3.63, 3.8) is 0 Å². The molecule has 13 aromatic carbocycles. The lowest BCUT2D eigenvalue weighted by Gasteiger charge is -2.57. The van der Waals surface area contributed by atoms with Crippen LogP contribution in [0.25, 0.3) is 44.5 Å². The van der Waals surface area contributed by atoms with E-state index in [0.29, 0.717) is 0 Å². The molecule has 0 fully saturated rings. The van der Waals surface area contributed by atoms with Gasteiger partial charge in [-0.15, -0.1) is 0 Å². The second-order valence-corrected chi connectivity index (χ2v) is 39.6. The first-order chi connectivity index (χ1) is 48.5. The number of hydrogen-bond donors (Lipinski definition) is 0. The minimum atomic E-state index is -3.55. The lowest BCUT2D eigenvalue weighted by atomic mass is 9.79. The second-order valence-electron chi connectivity index (χ2n) is 32.1. The van der Waals surface area contributed by atoms with Crippen LogP contribution < -0.4 is 60.2 Å². The molecular weight excluding hydrogens is 1250 g/mol. The van der Waals surface area contributed by atoms with Crippen molar-refractivity contribution >= 4 is 116 Å². The van der Waals surface area contributed by atoms with Gasteiger partial charge in [0.25, 0.3) is 0 Å². The zero-order chi connectivity index (χ0) is 66.9. The molecule has 0 spiro atoms. The van der Waals surface area contributed by atoms with Crippen LogP contribution in [0.4, 0.5) is 68.2 Å². The van der Waals surface area contributed by atoms with Crippen LogP contribution in [-0.2, 0) is 21.7 Å². The van der Waals surface area contributed by atoms with Crippen LogP contribution in [0, 0.1) is 0 Å². The van der Waals surface area contributed by atoms with E-state index in [0.717, 1.165) is 57.1 Å². The fourth-order valence-electron chi connectivity index (χ4n) is 22.0. The van der Waals surface area contributed by atoms with Crippen molar-refractivity contribution in [3.8, 4) is 67.5 Å². The van der Waals surface area contributed by atoms with Gasteiger partial charge in [0.2, 0.25) is 0 Å². The van der Waals surface area contributed by atoms with Crippen molar-refractivity contribution in [1.29, 1.82) is 0 Å². The maximum atomic E-state index is 8.71. The summed E-state index contributed by atoms with van der Waals surface area (Å²) in [6.07, 6.45) is 0. The Morgan fingerprint density at radius 2 is 0.500 bits per heavy atom. The third-order valence-corrected chi connectivity index (χ3v) is 34.7. The topological polar surface area (TPSA) is 31.4 Å². The summed E-state index contributed by atoms with van der Waals surface area (Å²) in [5.74, 6) is 3.78. The summed E-state index contributed by atoms with van der Waals surface area (Å²) in [6, 6.07) is 92.8. The molecular formula is C92H70N4O2Si2. The van der Waals surface area contributed by atoms with E-state index in [-0.39, 0.29) is 0 Å². The van der Waals surface area contributed by atoms with Crippen molar-refractivity contribution < 1.29 is 9.47 Å². The third-order valence-electron chi connectivity index (χ3n) is 25.8. The van der Waals surface area contributed by atoms with E-state index in [9.17, 15) is 0 Å². The molecule has 2 unspecified atom stereocenters. The van der Waals surface area contributed by atoms with Crippen molar-refractivity contribution in [2.45, 2.75) is 90.1 Å². The first-order valence-electron chi connectivity index (χ1n) is 35.8. The highest BCUT2D eigenvalue weighted by atomic mass is 28.3. The summed E-state index contributed by atoms with van der Waals surface area (Å²) in [5, 5.41) is 7.97. The van der Waals surface area contributed by atoms with Gasteiger partial charge in [-0.05, 0) is 172 Å². The average molecular weight is 1320 g/mol. The lowest BCUT2D eigenvalue weighted by Crippen LogP contribution is -2.76. The summed E-state index contributed by atoms with van der Waals surface area (Å²) in [4.78, 5) is 10.9. The number of rotatable bonds is 4. The van der Waals surface area contributed by atoms with E-state index in [2.05, 4.69) is 331 Å². The maximum absolute atomic E-state index is 8.71. The summed E-state index contributed by atoms with van der Waals surface area (Å²) >= 11 is 0. The van der Waals surface area contributed by atoms with Crippen LogP contribution in [0.5, 0.6) is 23.0 Å². The van der Waals surface area contributed by atoms with Gasteiger partial charge in [-0.25, -0.2) is 0 Å². The summed E-state index contributed by atoms with van der Waals surface area (Å²) in [7, 11) is -7.09. The Balaban J connectivity index is 0.968. The predicted octanol–water partition coefficient (Wildman–Crippen LogP) is 20.5. The van der Waals surface area contributed by atoms with Gasteiger partial charge in [0, 0.05) is 76.5 Å². The molecule has 13 aromatic rings. The molecule has 6 heterocycles. The van der Waals surface area contributed by atoms with Gasteiger partial charge in [0.05, 0.1) is 34.1 Å². The summed E-state index contributed by atoms with van der Waals surface area (Å²) < 4.78 is 17.4. The van der Waals surface area contributed by atoms with Crippen LogP contribution in [0.15, 0.2) is 243 Å². The third kappa shape index (κ3) is 6.11. The van der Waals surface area contributed by atoms with E-state index in [1.807, 2.05) is 0 Å². The van der Waals surface area contributed by atoms with Crippen molar-refractivity contribution in [1.82, 2.24) is 0 Å². The van der Waals surface area contributed by atoms with E-state index in [1.165, 1.54) is 154 Å². The fourth-order valence-corrected chi connectivity index (χ4v) is 31.6. The number of fused-ring (bicyclic) bond motifs is 18. The zero-order valence-electron chi connectivity index (χ0n) is 57.7. The Bertz CT molecular complexity index is 5670. The number of benzene rings is 13. The normalized spacial score (nSPS) is 19.8. The molecule has 6 nitrogen and oxygen atoms in total. The zero-order valence-corrected chi connectivity index (χ0v) is 59.7. The SMILES string of the molecule is CC1(C)c2ccccc2-c2cc3c4c(c21)N(c1ccccc1)c1c2c(cc5c1[Si]4(C)c1c(c4c6c(c1N5c1ccccc1)Oc1cc5c(c7c1[Si]6(C)c1c(cc6c(c1N7c1ccccc1)C(C)(C)c1ccccc1-6)N4c1ccccc1)C(C)(C)c1ccccc1-5)O3)-c1ccccc1C2(C)C. The Hall–Kier alpha value is -10.9. The quantitative estimate of drug-likeness (QED) is 0.163. The van der Waals surface area contributed by atoms with Crippen molar-refractivity contribution in [2.24, 2.45) is 0 Å². The largest absolute Gasteiger partial charge is 0.455 e. The van der Waals surface area contributed by atoms with E-state index >= 15 is 0 Å². The Morgan fingerprint density at radius 3 is 0.800 bits per heavy atom. The predicted molar refractivity (Wildman–Crippen MR) is 417 cm³/mol. The fraction of sp³-hybridized carbons (Fsp3) is 0.152. The highest BCUT2D eigenvalue weighted by Crippen LogP contribution is 2.69. The number of anilines is 12. The van der Waals surface area contributed by atoms with Crippen LogP contribution in [0.3, 0.4) is 0 Å². The van der Waals surface area contributed by atoms with Gasteiger partial charge < -0.3 is 29.1 Å². The Kier molecular flexibility index (Phi) is 10.0. The minimum absolute atomic E-state index is 0.397. The number of hydrogen-bond acceptors (Lipinski definition) is 6. The van der Waals surface area contributed by atoms with E-state index in [1.54, 1.807) is 0 Å². The second kappa shape index (κ2) is 17.9. The van der Waals surface area contributed by atoms with Crippen LogP contribution >= 0.6 is 0 Å². The molecule has 4 aliphatic carbocycles. The van der Waals surface area contributed by atoms with Gasteiger partial charge in [0.1, 0.15) is 11.5 Å². The molecule has 10 aliphatic rings. The molecule has 6 aliphatic heterocycles. The summed E-state index contributed by atoms with van der Waals surface area (Å²) in [6.45, 7) is 25.4. The number of para-hydroxylation sites is 4. The van der Waals surface area contributed by atoms with E-state index < -0.39 is 37.8 Å². The molecule has 0 N–H and O–H groups in total. The Labute approximate surface area is 585 Å². The highest BCUT2D eigenvalue weighted by molar-refractivity contribution is 7.18. The molecule has 2 atom stereocenters. The molecule has 8 heteroatoms. The maximum Gasteiger partial charge on any atom is 0.166 e. The molecule has 0 saturated carbocycles. The molecule has 23 rings (SSSR count). The first kappa shape index (κ1) is 56.0. The molecule has 100 heavy (non-hydrogen) atoms. The van der Waals surface area contributed by atoms with Crippen molar-refractivity contribution in [2.75, 3.05) is 19.6 Å². The molecule has 478 valence electrons. The van der Waals surface area contributed by atoms with Gasteiger partial charge in [0.15, 0.2) is 27.6 Å². The smallest absolute Gasteiger partial charge is 0.166 e. The van der Waals surface area contributed by atoms with Crippen LogP contribution in [0.2, 0.25) is 13.1 Å². The van der Waals surface area contributed by atoms with Gasteiger partial charge >= 0.3 is 0 Å². The van der Waals surface area contributed by atoms with Crippen LogP contribution in [0.1, 0.15) is 99.9 Å².